The fraction of sp³-hybridized carbons (Fsp3) is 0. The minimum Gasteiger partial charge on any atom is -0.369 e. The molecule has 0 spiro atoms. The molecule has 18 heavy (non-hydrogen) atoms. The number of hydrogen-bond donors (Lipinski definition) is 4. The van der Waals surface area contributed by atoms with Gasteiger partial charge in [0.05, 0.1) is 0 Å². The molecule has 0 aromatic rings. The first-order valence-electron chi connectivity index (χ1n) is 1.43. The Hall–Kier alpha value is 4.64. The van der Waals surface area contributed by atoms with Gasteiger partial charge in [-0.2, -0.15) is 0 Å². The van der Waals surface area contributed by atoms with E-state index < -0.39 is 13.9 Å². The molecule has 0 heterocycles. The molecule has 0 saturated carbocycles. The first kappa shape index (κ1) is 38.3. The van der Waals surface area contributed by atoms with Crippen LogP contribution in [0.3, 0.4) is 0 Å². The van der Waals surface area contributed by atoms with Crippen LogP contribution in [0.2, 0.25) is 0 Å². The molecule has 0 saturated heterocycles. The minimum absolute atomic E-state index is 0. The van der Waals surface area contributed by atoms with Gasteiger partial charge in [-0.1, -0.05) is 0 Å². The van der Waals surface area contributed by atoms with Crippen LogP contribution in [0.4, 0.5) is 0 Å². The third kappa shape index (κ3) is 369. The Balaban J connectivity index is -0.0000000327. The van der Waals surface area contributed by atoms with Gasteiger partial charge in [-0.25, -0.2) is 0 Å². The summed E-state index contributed by atoms with van der Waals surface area (Å²) in [6.07, 6.45) is 0. The fourth-order valence-corrected chi connectivity index (χ4v) is 0. The second-order valence-electron chi connectivity index (χ2n) is 1.36. The Morgan fingerprint density at radius 2 is 0.278 bits per heavy atom. The zero-order valence-electron chi connectivity index (χ0n) is 9.17. The van der Waals surface area contributed by atoms with E-state index in [4.69, 9.17) is 114 Å². The molecule has 0 unspecified atom stereocenters. The molecule has 0 bridgehead atoms. The van der Waals surface area contributed by atoms with Gasteiger partial charge in [-0.05, 0) is 0 Å². The van der Waals surface area contributed by atoms with Gasteiger partial charge in [0.25, 0.3) is 0 Å². The molecular weight excluding hydrogens is 694 g/mol. The smallest absolute Gasteiger partial charge is 0.369 e. The second kappa shape index (κ2) is 7.69. The zero-order chi connectivity index (χ0) is 12.8. The van der Waals surface area contributed by atoms with Crippen molar-refractivity contribution in [2.24, 2.45) is 0 Å². The van der Waals surface area contributed by atoms with Crippen LogP contribution in [0.15, 0.2) is 0 Å². The molecule has 0 radical (unpaired) electrons. The summed E-state index contributed by atoms with van der Waals surface area (Å²) in [4.78, 5) is 0. The Morgan fingerprint density at radius 3 is 0.278 bits per heavy atom. The van der Waals surface area contributed by atoms with E-state index in [9.17, 15) is 0 Å². The monoisotopic (exact) mass is 704 g/mol. The molecule has 0 aliphatic carbocycles. The van der Waals surface area contributed by atoms with Crippen LogP contribution in [-0.4, -0.2) is 0 Å². The number of quaternary nitrogens is 4. The van der Waals surface area contributed by atoms with Crippen molar-refractivity contribution in [2.75, 3.05) is 0 Å². The van der Waals surface area contributed by atoms with Crippen molar-refractivity contribution in [1.29, 1.82) is 0 Å². The third-order valence-corrected chi connectivity index (χ3v) is 0. The SMILES string of the molecule is [Cl][Pd-2]([Cl])([Cl])([Cl])([Cl])[Cl].[Cl][Pd-2]([Cl])([Cl])([Cl])([Cl])[Cl].[NH4+].[NH4+].[NH4+].[NH4+]. The summed E-state index contributed by atoms with van der Waals surface area (Å²) >= 11 is 0. The van der Waals surface area contributed by atoms with Gasteiger partial charge >= 0.3 is 128 Å². The van der Waals surface area contributed by atoms with Crippen molar-refractivity contribution in [3.05, 3.63) is 0 Å². The summed E-state index contributed by atoms with van der Waals surface area (Å²) in [6, 6.07) is 0. The Labute approximate surface area is 150 Å². The van der Waals surface area contributed by atoms with Crippen molar-refractivity contribution in [1.82, 2.24) is 24.6 Å². The van der Waals surface area contributed by atoms with Crippen LogP contribution in [0.5, 0.6) is 0 Å². The number of halogens is 12. The van der Waals surface area contributed by atoms with E-state index in [-0.39, 0.29) is 24.6 Å². The largest absolute Gasteiger partial charge is 0.369 e. The van der Waals surface area contributed by atoms with E-state index in [1.165, 1.54) is 0 Å². The molecule has 0 atom stereocenters. The molecule has 16 N–H and O–H groups in total. The molecule has 0 amide bonds. The van der Waals surface area contributed by atoms with E-state index >= 15 is 0 Å². The van der Waals surface area contributed by atoms with Crippen LogP contribution >= 0.6 is 114 Å². The van der Waals surface area contributed by atoms with E-state index in [0.29, 0.717) is 0 Å². The van der Waals surface area contributed by atoms with Gasteiger partial charge in [0.2, 0.25) is 0 Å². The average Bonchev–Trinajstić information content (AvgIpc) is 0.938. The van der Waals surface area contributed by atoms with Gasteiger partial charge < -0.3 is 24.6 Å². The fourth-order valence-electron chi connectivity index (χ4n) is 0. The third-order valence-electron chi connectivity index (χ3n) is 0. The topological polar surface area (TPSA) is 146 Å². The first-order chi connectivity index (χ1) is 4.90. The Kier molecular flexibility index (Phi) is 16.4. The predicted molar refractivity (Wildman–Crippen MR) is 94.2 cm³/mol. The quantitative estimate of drug-likeness (QED) is 0.178. The van der Waals surface area contributed by atoms with Crippen molar-refractivity contribution in [3.63, 3.8) is 0 Å². The van der Waals surface area contributed by atoms with Crippen molar-refractivity contribution in [3.8, 4) is 0 Å². The molecule has 0 rings (SSSR count). The van der Waals surface area contributed by atoms with E-state index in [1.54, 1.807) is 0 Å². The zero-order valence-corrected chi connectivity index (χ0v) is 21.3. The Morgan fingerprint density at radius 1 is 0.278 bits per heavy atom. The normalized spacial score (nSPS) is 18.0. The van der Waals surface area contributed by atoms with Crippen LogP contribution < -0.4 is 24.6 Å². The summed E-state index contributed by atoms with van der Waals surface area (Å²) in [6.45, 7) is -10.2. The summed E-state index contributed by atoms with van der Waals surface area (Å²) in [5.74, 6) is 0. The van der Waals surface area contributed by atoms with E-state index in [2.05, 4.69) is 0 Å². The summed E-state index contributed by atoms with van der Waals surface area (Å²) in [7, 11) is 60.4. The Bertz CT molecular complexity index is 169. The maximum Gasteiger partial charge on any atom is -0.369 e. The molecule has 0 fully saturated rings. The molecule has 4 nitrogen and oxygen atoms in total. The summed E-state index contributed by atoms with van der Waals surface area (Å²) in [5.41, 5.74) is 0. The van der Waals surface area contributed by atoms with E-state index in [1.807, 2.05) is 0 Å². The number of hydrogen-bond acceptors (Lipinski definition) is 0. The van der Waals surface area contributed by atoms with Gasteiger partial charge in [-0.3, -0.25) is 0 Å². The van der Waals surface area contributed by atoms with Gasteiger partial charge in [0.15, 0.2) is 0 Å². The van der Waals surface area contributed by atoms with Crippen molar-refractivity contribution >= 4 is 114 Å². The summed E-state index contributed by atoms with van der Waals surface area (Å²) < 4.78 is 0. The van der Waals surface area contributed by atoms with Crippen molar-refractivity contribution in [2.45, 2.75) is 0 Å². The second-order valence-corrected chi connectivity index (χ2v) is 72.2. The molecule has 18 heteroatoms. The van der Waals surface area contributed by atoms with E-state index in [0.717, 1.165) is 0 Å². The maximum atomic E-state index is 5.03. The average molecular weight is 710 g/mol. The maximum absolute atomic E-state index is 5.08. The minimum atomic E-state index is -5.08. The molecule has 0 aliphatic heterocycles. The van der Waals surface area contributed by atoms with Gasteiger partial charge in [0.1, 0.15) is 0 Å². The first-order valence-corrected chi connectivity index (χ1v) is 25.5. The summed E-state index contributed by atoms with van der Waals surface area (Å²) in [5, 5.41) is 0. The van der Waals surface area contributed by atoms with Crippen LogP contribution in [0.25, 0.3) is 0 Å². The molecule has 140 valence electrons. The number of rotatable bonds is 0. The van der Waals surface area contributed by atoms with Gasteiger partial charge in [0, 0.05) is 0 Å². The standard InChI is InChI=1S/12ClH.4H3N.2Pd/h12*1H;4*1H3;;/q;;;;;;;;;;;;;;;;2*+4/p-8. The van der Waals surface area contributed by atoms with Crippen LogP contribution in [0.1, 0.15) is 0 Å². The molecule has 0 aliphatic rings. The molecule has 0 aromatic carbocycles. The molecular formula is H16Cl12N4Pd2. The molecule has 0 aromatic heterocycles. The van der Waals surface area contributed by atoms with Gasteiger partial charge in [-0.15, -0.1) is 0 Å². The predicted octanol–water partition coefficient (Wildman–Crippen LogP) is 9.77. The van der Waals surface area contributed by atoms with Crippen LogP contribution in [-0.2, 0) is 13.9 Å². The van der Waals surface area contributed by atoms with Crippen molar-refractivity contribution < 1.29 is 13.9 Å². The van der Waals surface area contributed by atoms with Crippen LogP contribution in [0, 0.1) is 0 Å².